The molecule has 0 saturated carbocycles. The van der Waals surface area contributed by atoms with Crippen LogP contribution in [-0.2, 0) is 20.9 Å². The molecular weight excluding hydrogens is 721 g/mol. The van der Waals surface area contributed by atoms with Crippen molar-refractivity contribution in [2.24, 2.45) is 11.8 Å². The molecule has 1 fully saturated rings. The lowest BCUT2D eigenvalue weighted by molar-refractivity contribution is -0.164. The normalized spacial score (nSPS) is 17.5. The largest absolute Gasteiger partial charge is 0.497 e. The number of carbonyl (C=O) groups is 2. The Morgan fingerprint density at radius 3 is 1.94 bits per heavy atom. The zero-order valence-electron chi connectivity index (χ0n) is 28.6. The molecule has 270 valence electrons. The van der Waals surface area contributed by atoms with E-state index in [1.165, 1.54) is 34.9 Å². The molecule has 52 heavy (non-hydrogen) atoms. The van der Waals surface area contributed by atoms with Gasteiger partial charge >= 0.3 is 5.97 Å². The summed E-state index contributed by atoms with van der Waals surface area (Å²) in [5.41, 5.74) is 2.30. The Labute approximate surface area is 310 Å². The molecule has 9 nitrogen and oxygen atoms in total. The summed E-state index contributed by atoms with van der Waals surface area (Å²) in [6.07, 6.45) is -2.46. The fraction of sp³-hybridized carbons (Fsp3) is 0.256. The molecule has 2 heterocycles. The Morgan fingerprint density at radius 2 is 1.48 bits per heavy atom. The molecule has 1 aromatic heterocycles. The number of alkyl halides is 1. The first-order valence-corrected chi connectivity index (χ1v) is 20.3. The van der Waals surface area contributed by atoms with Crippen LogP contribution in [0.15, 0.2) is 125 Å². The quantitative estimate of drug-likeness (QED) is 0.0680. The number of hydrogen-bond donors (Lipinski definition) is 2. The number of likely N-dealkylation sites (tertiary alicyclic amines) is 1. The summed E-state index contributed by atoms with van der Waals surface area (Å²) in [5.74, 6) is -2.86. The van der Waals surface area contributed by atoms with E-state index < -0.39 is 55.5 Å². The van der Waals surface area contributed by atoms with E-state index in [1.54, 1.807) is 36.9 Å². The summed E-state index contributed by atoms with van der Waals surface area (Å²) in [7, 11) is 1.56. The van der Waals surface area contributed by atoms with E-state index in [0.29, 0.717) is 15.7 Å². The number of thioether (sulfide) groups is 1. The highest BCUT2D eigenvalue weighted by Crippen LogP contribution is 2.51. The van der Waals surface area contributed by atoms with Crippen molar-refractivity contribution < 1.29 is 33.7 Å². The molecule has 0 spiro atoms. The van der Waals surface area contributed by atoms with E-state index in [2.05, 4.69) is 10.2 Å². The van der Waals surface area contributed by atoms with Crippen molar-refractivity contribution in [2.75, 3.05) is 19.5 Å². The lowest BCUT2D eigenvalue weighted by atomic mass is 9.74. The van der Waals surface area contributed by atoms with Crippen molar-refractivity contribution in [2.45, 2.75) is 36.1 Å². The van der Waals surface area contributed by atoms with Crippen molar-refractivity contribution in [1.82, 2.24) is 15.1 Å². The summed E-state index contributed by atoms with van der Waals surface area (Å²) in [6.45, 7) is -2.99. The third-order valence-corrected chi connectivity index (χ3v) is 15.4. The second-order valence-electron chi connectivity index (χ2n) is 12.3. The Bertz CT molecular complexity index is 1880. The Hall–Kier alpha value is -4.32. The van der Waals surface area contributed by atoms with E-state index in [9.17, 15) is 15.0 Å². The molecule has 0 aliphatic carbocycles. The van der Waals surface area contributed by atoms with Gasteiger partial charge in [-0.15, -0.1) is 10.2 Å². The van der Waals surface area contributed by atoms with Crippen LogP contribution in [0.25, 0.3) is 0 Å². The van der Waals surface area contributed by atoms with Crippen LogP contribution in [0, 0.1) is 11.8 Å². The average molecular weight is 760 g/mol. The van der Waals surface area contributed by atoms with Crippen LogP contribution in [0.3, 0.4) is 0 Å². The molecule has 1 saturated heterocycles. The Kier molecular flexibility index (Phi) is 12.2. The first-order valence-electron chi connectivity index (χ1n) is 16.7. The van der Waals surface area contributed by atoms with Crippen molar-refractivity contribution >= 4 is 63.2 Å². The van der Waals surface area contributed by atoms with Crippen LogP contribution in [-0.4, -0.2) is 80.4 Å². The van der Waals surface area contributed by atoms with Gasteiger partial charge in [0.15, 0.2) is 4.34 Å². The zero-order chi connectivity index (χ0) is 36.7. The highest BCUT2D eigenvalue weighted by atomic mass is 32.2. The van der Waals surface area contributed by atoms with Gasteiger partial charge in [0.2, 0.25) is 5.91 Å². The minimum atomic E-state index is -3.32. The second kappa shape index (κ2) is 17.0. The molecule has 2 N–H and O–H groups in total. The molecule has 5 aromatic rings. The molecule has 6 rings (SSSR count). The van der Waals surface area contributed by atoms with Gasteiger partial charge in [0, 0.05) is 18.6 Å². The first kappa shape index (κ1) is 37.4. The standard InChI is InChI=1S/C39H39FN3O6PS2/c1-26(44)34-35(32(22-40)33(45)24-51-39-42-41-25-52-39)43(36(34)46)37(38(47)49-23-27-18-20-28(48-2)21-19-27)50(29-12-6-3-7-13-29,30-14-8-4-9-15-30)31-16-10-5-11-17-31/h3-21,25-26,32-35,44-45H,22-24H2,1-2H3/t26-,32-,33-,34-,35-/m1/s1. The van der Waals surface area contributed by atoms with Gasteiger partial charge in [0.1, 0.15) is 23.3 Å². The van der Waals surface area contributed by atoms with Crippen LogP contribution < -0.4 is 20.7 Å². The number of hydrogen-bond acceptors (Lipinski definition) is 10. The second-order valence-corrected chi connectivity index (χ2v) is 17.7. The fourth-order valence-electron chi connectivity index (χ4n) is 6.76. The third-order valence-electron chi connectivity index (χ3n) is 9.22. The molecule has 0 bridgehead atoms. The van der Waals surface area contributed by atoms with Crippen LogP contribution in [0.4, 0.5) is 4.39 Å². The van der Waals surface area contributed by atoms with E-state index in [4.69, 9.17) is 9.47 Å². The van der Waals surface area contributed by atoms with Gasteiger partial charge in [-0.1, -0.05) is 126 Å². The Morgan fingerprint density at radius 1 is 0.923 bits per heavy atom. The molecule has 0 unspecified atom stereocenters. The molecule has 4 aromatic carbocycles. The number of nitrogens with zero attached hydrogens (tertiary/aromatic N) is 3. The molecule has 5 atom stereocenters. The predicted octanol–water partition coefficient (Wildman–Crippen LogP) is 4.66. The number of carbonyl (C=O) groups excluding carboxylic acids is 2. The van der Waals surface area contributed by atoms with E-state index in [-0.39, 0.29) is 17.8 Å². The van der Waals surface area contributed by atoms with Gasteiger partial charge < -0.3 is 24.6 Å². The number of aliphatic hydroxyl groups is 2. The topological polar surface area (TPSA) is 122 Å². The molecule has 0 radical (unpaired) electrons. The lowest BCUT2D eigenvalue weighted by Gasteiger charge is -2.53. The van der Waals surface area contributed by atoms with Crippen molar-refractivity contribution in [3.8, 4) is 5.75 Å². The number of β-lactam (4-membered cyclic amide) rings is 1. The van der Waals surface area contributed by atoms with Crippen LogP contribution >= 0.6 is 30.0 Å². The molecular formula is C39H39FN3O6PS2. The summed E-state index contributed by atoms with van der Waals surface area (Å²) < 4.78 is 27.4. The maximum Gasteiger partial charge on any atom is 0.356 e. The summed E-state index contributed by atoms with van der Waals surface area (Å²) in [4.78, 5) is 31.0. The molecule has 1 aliphatic rings. The smallest absolute Gasteiger partial charge is 0.356 e. The number of aliphatic hydroxyl groups excluding tert-OH is 2. The van der Waals surface area contributed by atoms with E-state index in [0.717, 1.165) is 15.9 Å². The summed E-state index contributed by atoms with van der Waals surface area (Å²) in [6, 6.07) is 34.5. The highest BCUT2D eigenvalue weighted by molar-refractivity contribution is 8.01. The Balaban J connectivity index is 1.60. The monoisotopic (exact) mass is 759 g/mol. The fourth-order valence-corrected chi connectivity index (χ4v) is 12.7. The van der Waals surface area contributed by atoms with Gasteiger partial charge in [-0.3, -0.25) is 9.18 Å². The zero-order valence-corrected chi connectivity index (χ0v) is 31.1. The number of halogens is 1. The van der Waals surface area contributed by atoms with E-state index >= 15 is 9.18 Å². The van der Waals surface area contributed by atoms with Crippen LogP contribution in [0.2, 0.25) is 0 Å². The van der Waals surface area contributed by atoms with Gasteiger partial charge in [0.25, 0.3) is 0 Å². The summed E-state index contributed by atoms with van der Waals surface area (Å²) >= 11 is 2.52. The van der Waals surface area contributed by atoms with Gasteiger partial charge in [-0.25, -0.2) is 4.79 Å². The minimum Gasteiger partial charge on any atom is -0.497 e. The van der Waals surface area contributed by atoms with Crippen LogP contribution in [0.5, 0.6) is 5.75 Å². The molecule has 1 aliphatic heterocycles. The maximum absolute atomic E-state index is 15.4. The van der Waals surface area contributed by atoms with Gasteiger partial charge in [-0.2, -0.15) is 0 Å². The predicted molar refractivity (Wildman–Crippen MR) is 205 cm³/mol. The third kappa shape index (κ3) is 7.44. The maximum atomic E-state index is 15.4. The van der Waals surface area contributed by atoms with Gasteiger partial charge in [0.05, 0.1) is 38.0 Å². The summed E-state index contributed by atoms with van der Waals surface area (Å²) in [5, 5.41) is 32.7. The van der Waals surface area contributed by atoms with Crippen molar-refractivity contribution in [3.05, 3.63) is 126 Å². The lowest BCUT2D eigenvalue weighted by Crippen LogP contribution is -2.72. The van der Waals surface area contributed by atoms with Crippen molar-refractivity contribution in [1.29, 1.82) is 0 Å². The number of benzene rings is 4. The number of aromatic nitrogens is 2. The number of methoxy groups -OCH3 is 1. The minimum absolute atomic E-state index is 0.0407. The number of amides is 1. The first-order chi connectivity index (χ1) is 25.3. The highest BCUT2D eigenvalue weighted by Gasteiger charge is 2.58. The molecule has 13 heteroatoms. The number of rotatable bonds is 15. The van der Waals surface area contributed by atoms with E-state index in [1.807, 2.05) is 91.0 Å². The van der Waals surface area contributed by atoms with Crippen LogP contribution in [0.1, 0.15) is 12.5 Å². The SMILES string of the molecule is COc1ccc(COC(=O)C(N2C(=O)[C@H]([C@@H](C)O)[C@H]2[C@H](CF)[C@H](O)CSc2nncs2)=P(c2ccccc2)(c2ccccc2)c2ccccc2)cc1. The average Bonchev–Trinajstić information content (AvgIpc) is 3.71. The molecule has 1 amide bonds. The van der Waals surface area contributed by atoms with Gasteiger partial charge in [-0.05, 0) is 40.5 Å². The number of esters is 1. The number of ether oxygens (including phenoxy) is 2. The van der Waals surface area contributed by atoms with Crippen molar-refractivity contribution in [3.63, 3.8) is 0 Å².